The SMILES string of the molecule is CC(C)OC(=S)SSCSSC(=S)OC(C)C. The summed E-state index contributed by atoms with van der Waals surface area (Å²) >= 11 is 10.1. The lowest BCUT2D eigenvalue weighted by atomic mass is 10.5. The van der Waals surface area contributed by atoms with E-state index >= 15 is 0 Å². The third-order valence-electron chi connectivity index (χ3n) is 1.01. The van der Waals surface area contributed by atoms with Crippen LogP contribution < -0.4 is 0 Å². The third-order valence-corrected chi connectivity index (χ3v) is 7.16. The summed E-state index contributed by atoms with van der Waals surface area (Å²) in [6.07, 6.45) is 0.286. The zero-order valence-electron chi connectivity index (χ0n) is 10.1. The first-order valence-corrected chi connectivity index (χ1v) is 10.4. The Hall–Kier alpha value is 1.18. The van der Waals surface area contributed by atoms with Crippen LogP contribution in [0.1, 0.15) is 27.7 Å². The minimum absolute atomic E-state index is 0.143. The van der Waals surface area contributed by atoms with Crippen molar-refractivity contribution in [2.24, 2.45) is 0 Å². The van der Waals surface area contributed by atoms with E-state index in [0.29, 0.717) is 8.77 Å². The minimum Gasteiger partial charge on any atom is -0.475 e. The van der Waals surface area contributed by atoms with E-state index in [0.717, 1.165) is 5.08 Å². The summed E-state index contributed by atoms with van der Waals surface area (Å²) in [4.78, 5) is 0. The molecule has 0 atom stereocenters. The zero-order chi connectivity index (χ0) is 13.3. The second kappa shape index (κ2) is 11.0. The van der Waals surface area contributed by atoms with Gasteiger partial charge in [0.1, 0.15) is 0 Å². The fraction of sp³-hybridized carbons (Fsp3) is 0.778. The third kappa shape index (κ3) is 13.4. The molecular weight excluding hydrogens is 332 g/mol. The Kier molecular flexibility index (Phi) is 11.8. The molecule has 0 saturated heterocycles. The van der Waals surface area contributed by atoms with Crippen molar-refractivity contribution in [1.29, 1.82) is 0 Å². The summed E-state index contributed by atoms with van der Waals surface area (Å²) in [7, 11) is 6.24. The highest BCUT2D eigenvalue weighted by atomic mass is 33.1. The van der Waals surface area contributed by atoms with Crippen molar-refractivity contribution in [2.75, 3.05) is 5.08 Å². The quantitative estimate of drug-likeness (QED) is 0.281. The summed E-state index contributed by atoms with van der Waals surface area (Å²) in [5.41, 5.74) is 0. The Balaban J connectivity index is 3.40. The van der Waals surface area contributed by atoms with Gasteiger partial charge in [0, 0.05) is 0 Å². The highest BCUT2D eigenvalue weighted by Crippen LogP contribution is 2.34. The minimum atomic E-state index is 0.143. The Labute approximate surface area is 130 Å². The number of hydrogen-bond acceptors (Lipinski definition) is 8. The van der Waals surface area contributed by atoms with Gasteiger partial charge in [-0.25, -0.2) is 0 Å². The van der Waals surface area contributed by atoms with Gasteiger partial charge in [0.15, 0.2) is 0 Å². The zero-order valence-corrected chi connectivity index (χ0v) is 15.0. The van der Waals surface area contributed by atoms with Crippen molar-refractivity contribution in [3.63, 3.8) is 0 Å². The molecule has 0 saturated carbocycles. The monoisotopic (exact) mass is 348 g/mol. The smallest absolute Gasteiger partial charge is 0.231 e. The van der Waals surface area contributed by atoms with Crippen LogP contribution in [0.3, 0.4) is 0 Å². The van der Waals surface area contributed by atoms with Crippen molar-refractivity contribution >= 4 is 76.4 Å². The van der Waals surface area contributed by atoms with E-state index in [1.165, 1.54) is 21.6 Å². The predicted octanol–water partition coefficient (Wildman–Crippen LogP) is 5.13. The first-order valence-electron chi connectivity index (χ1n) is 4.92. The maximum atomic E-state index is 5.34. The molecule has 0 aliphatic rings. The van der Waals surface area contributed by atoms with Crippen molar-refractivity contribution in [3.8, 4) is 0 Å². The van der Waals surface area contributed by atoms with Crippen LogP contribution in [0.2, 0.25) is 0 Å². The molecule has 0 rings (SSSR count). The average Bonchev–Trinajstić information content (AvgIpc) is 2.14. The maximum Gasteiger partial charge on any atom is 0.231 e. The Morgan fingerprint density at radius 3 is 1.53 bits per heavy atom. The van der Waals surface area contributed by atoms with Crippen molar-refractivity contribution in [1.82, 2.24) is 0 Å². The molecular formula is C9H16O2S6. The summed E-state index contributed by atoms with van der Waals surface area (Å²) in [5, 5.41) is 0.874. The van der Waals surface area contributed by atoms with Gasteiger partial charge in [0.2, 0.25) is 8.77 Å². The second-order valence-corrected chi connectivity index (χ2v) is 9.52. The van der Waals surface area contributed by atoms with Crippen LogP contribution in [0.15, 0.2) is 0 Å². The number of hydrogen-bond donors (Lipinski definition) is 0. The van der Waals surface area contributed by atoms with Gasteiger partial charge in [-0.1, -0.05) is 21.6 Å². The van der Waals surface area contributed by atoms with Crippen molar-refractivity contribution in [3.05, 3.63) is 0 Å². The Bertz CT molecular complexity index is 220. The van der Waals surface area contributed by atoms with Crippen LogP contribution in [-0.4, -0.2) is 26.1 Å². The molecule has 0 heterocycles. The van der Waals surface area contributed by atoms with Crippen LogP contribution in [0.4, 0.5) is 0 Å². The average molecular weight is 349 g/mol. The first kappa shape index (κ1) is 18.2. The van der Waals surface area contributed by atoms with E-state index in [-0.39, 0.29) is 12.2 Å². The molecule has 0 radical (unpaired) electrons. The summed E-state index contributed by atoms with van der Waals surface area (Å²) in [6.45, 7) is 7.85. The predicted molar refractivity (Wildman–Crippen MR) is 92.9 cm³/mol. The molecule has 0 aliphatic heterocycles. The summed E-state index contributed by atoms with van der Waals surface area (Å²) in [6, 6.07) is 0. The van der Waals surface area contributed by atoms with Crippen molar-refractivity contribution < 1.29 is 9.47 Å². The van der Waals surface area contributed by atoms with Gasteiger partial charge >= 0.3 is 0 Å². The van der Waals surface area contributed by atoms with Crippen molar-refractivity contribution in [2.45, 2.75) is 39.9 Å². The molecule has 0 bridgehead atoms. The Morgan fingerprint density at radius 2 is 1.24 bits per heavy atom. The van der Waals surface area contributed by atoms with Gasteiger partial charge < -0.3 is 9.47 Å². The van der Waals surface area contributed by atoms with Gasteiger partial charge in [-0.15, -0.1) is 0 Å². The maximum absolute atomic E-state index is 5.34. The molecule has 17 heavy (non-hydrogen) atoms. The fourth-order valence-corrected chi connectivity index (χ4v) is 6.13. The van der Waals surface area contributed by atoms with E-state index in [2.05, 4.69) is 0 Å². The van der Waals surface area contributed by atoms with Gasteiger partial charge in [-0.2, -0.15) is 0 Å². The van der Waals surface area contributed by atoms with Gasteiger partial charge in [0.25, 0.3) is 0 Å². The second-order valence-electron chi connectivity index (χ2n) is 3.35. The highest BCUT2D eigenvalue weighted by molar-refractivity contribution is 8.91. The molecule has 0 N–H and O–H groups in total. The molecule has 8 heteroatoms. The van der Waals surface area contributed by atoms with Crippen LogP contribution in [-0.2, 0) is 9.47 Å². The van der Waals surface area contributed by atoms with Gasteiger partial charge in [-0.3, -0.25) is 0 Å². The lowest BCUT2D eigenvalue weighted by molar-refractivity contribution is 0.243. The van der Waals surface area contributed by atoms with E-state index in [1.54, 1.807) is 21.6 Å². The fourth-order valence-electron chi connectivity index (χ4n) is 0.588. The lowest BCUT2D eigenvalue weighted by Crippen LogP contribution is -2.05. The summed E-state index contributed by atoms with van der Waals surface area (Å²) < 4.78 is 11.8. The normalized spacial score (nSPS) is 10.7. The van der Waals surface area contributed by atoms with Crippen LogP contribution in [0, 0.1) is 0 Å². The van der Waals surface area contributed by atoms with Crippen LogP contribution in [0.25, 0.3) is 0 Å². The molecule has 0 aromatic rings. The van der Waals surface area contributed by atoms with E-state index in [4.69, 9.17) is 33.9 Å². The highest BCUT2D eigenvalue weighted by Gasteiger charge is 2.05. The largest absolute Gasteiger partial charge is 0.475 e. The van der Waals surface area contributed by atoms with Gasteiger partial charge in [-0.05, 0) is 73.7 Å². The molecule has 0 aromatic carbocycles. The molecule has 0 fully saturated rings. The molecule has 100 valence electrons. The number of ether oxygens (including phenoxy) is 2. The lowest BCUT2D eigenvalue weighted by Gasteiger charge is -2.10. The number of thiocarbonyl (C=S) groups is 2. The Morgan fingerprint density at radius 1 is 0.882 bits per heavy atom. The van der Waals surface area contributed by atoms with Crippen LogP contribution in [0.5, 0.6) is 0 Å². The first-order chi connectivity index (χ1) is 7.91. The molecule has 2 nitrogen and oxygen atoms in total. The standard InChI is InChI=1S/C9H16O2S6/c1-6(2)10-8(12)16-14-5-15-17-9(13)11-7(3)4/h6-7H,5H2,1-4H3. The molecule has 0 aliphatic carbocycles. The van der Waals surface area contributed by atoms with E-state index in [1.807, 2.05) is 27.7 Å². The van der Waals surface area contributed by atoms with E-state index in [9.17, 15) is 0 Å². The van der Waals surface area contributed by atoms with Crippen LogP contribution >= 0.6 is 67.6 Å². The van der Waals surface area contributed by atoms with E-state index < -0.39 is 0 Å². The molecule has 0 spiro atoms. The van der Waals surface area contributed by atoms with Gasteiger partial charge in [0.05, 0.1) is 17.3 Å². The number of rotatable bonds is 6. The molecule has 0 unspecified atom stereocenters. The molecule has 0 aromatic heterocycles. The topological polar surface area (TPSA) is 18.5 Å². The molecule has 0 amide bonds. The summed E-state index contributed by atoms with van der Waals surface area (Å²) in [5.74, 6) is 0.